The van der Waals surface area contributed by atoms with Crippen LogP contribution in [0.3, 0.4) is 0 Å². The predicted molar refractivity (Wildman–Crippen MR) is 164 cm³/mol. The molecule has 230 valence electrons. The molecule has 0 aliphatic carbocycles. The van der Waals surface area contributed by atoms with Gasteiger partial charge in [0.2, 0.25) is 0 Å². The summed E-state index contributed by atoms with van der Waals surface area (Å²) in [5.41, 5.74) is -0.686. The number of benzene rings is 2. The molecule has 0 radical (unpaired) electrons. The van der Waals surface area contributed by atoms with Crippen LogP contribution in [-0.4, -0.2) is 54.8 Å². The number of hydrogen-bond acceptors (Lipinski definition) is 6. The van der Waals surface area contributed by atoms with E-state index < -0.39 is 17.3 Å². The first-order valence-corrected chi connectivity index (χ1v) is 15.1. The van der Waals surface area contributed by atoms with Gasteiger partial charge in [-0.25, -0.2) is 19.6 Å². The minimum atomic E-state index is -4.55. The van der Waals surface area contributed by atoms with Crippen molar-refractivity contribution in [1.29, 1.82) is 0 Å². The van der Waals surface area contributed by atoms with Gasteiger partial charge in [-0.2, -0.15) is 18.3 Å². The number of nitrogens with zero attached hydrogens (tertiary/aromatic N) is 6. The van der Waals surface area contributed by atoms with E-state index in [1.54, 1.807) is 23.3 Å². The van der Waals surface area contributed by atoms with Crippen LogP contribution in [0.2, 0.25) is 15.1 Å². The first-order valence-electron chi connectivity index (χ1n) is 13.1. The van der Waals surface area contributed by atoms with Gasteiger partial charge < -0.3 is 9.47 Å². The van der Waals surface area contributed by atoms with Crippen molar-refractivity contribution < 1.29 is 22.6 Å². The molecule has 2 unspecified atom stereocenters. The predicted octanol–water partition coefficient (Wildman–Crippen LogP) is 8.22. The molecule has 3 heterocycles. The quantitative estimate of drug-likeness (QED) is 0.0793. The summed E-state index contributed by atoms with van der Waals surface area (Å²) < 4.78 is 54.2. The number of imidazole rings is 1. The third-order valence-electron chi connectivity index (χ3n) is 6.29. The van der Waals surface area contributed by atoms with Crippen molar-refractivity contribution >= 4 is 62.3 Å². The summed E-state index contributed by atoms with van der Waals surface area (Å²) in [6, 6.07) is 8.96. The van der Waals surface area contributed by atoms with Crippen LogP contribution in [0.5, 0.6) is 0 Å². The monoisotopic (exact) mass is 720 g/mol. The summed E-state index contributed by atoms with van der Waals surface area (Å²) in [5.74, 6) is 0.309. The molecule has 0 bridgehead atoms. The van der Waals surface area contributed by atoms with Crippen LogP contribution in [0, 0.1) is 0 Å². The minimum Gasteiger partial charge on any atom is -0.374 e. The summed E-state index contributed by atoms with van der Waals surface area (Å²) in [7, 11) is 0. The molecule has 1 aliphatic rings. The molecule has 15 heteroatoms. The van der Waals surface area contributed by atoms with Crippen molar-refractivity contribution in [3.05, 3.63) is 94.0 Å². The normalized spacial score (nSPS) is 18.9. The molecule has 0 saturated carbocycles. The van der Waals surface area contributed by atoms with Gasteiger partial charge in [-0.1, -0.05) is 63.7 Å². The van der Waals surface area contributed by atoms with E-state index in [4.69, 9.17) is 44.3 Å². The molecule has 8 nitrogen and oxygen atoms in total. The molecule has 2 aromatic carbocycles. The summed E-state index contributed by atoms with van der Waals surface area (Å²) in [6.45, 7) is 3.70. The zero-order valence-corrected chi connectivity index (χ0v) is 26.7. The number of alkyl halides is 4. The zero-order valence-electron chi connectivity index (χ0n) is 22.8. The zero-order chi connectivity index (χ0) is 31.0. The van der Waals surface area contributed by atoms with E-state index in [2.05, 4.69) is 36.0 Å². The molecule has 2 atom stereocenters. The summed E-state index contributed by atoms with van der Waals surface area (Å²) >= 11 is 21.6. The van der Waals surface area contributed by atoms with Crippen LogP contribution in [0.1, 0.15) is 30.9 Å². The van der Waals surface area contributed by atoms with Crippen LogP contribution in [0.25, 0.3) is 0 Å². The average molecular weight is 723 g/mol. The fourth-order valence-electron chi connectivity index (χ4n) is 4.40. The van der Waals surface area contributed by atoms with E-state index in [1.807, 2.05) is 19.1 Å². The number of aliphatic imine (C=N–C) groups is 1. The van der Waals surface area contributed by atoms with Gasteiger partial charge in [0.1, 0.15) is 37.0 Å². The third-order valence-corrected chi connectivity index (χ3v) is 7.66. The van der Waals surface area contributed by atoms with Gasteiger partial charge in [-0.05, 0) is 43.2 Å². The van der Waals surface area contributed by atoms with Gasteiger partial charge in [0.25, 0.3) is 0 Å². The van der Waals surface area contributed by atoms with E-state index in [-0.39, 0.29) is 22.1 Å². The molecule has 1 saturated heterocycles. The molecular weight excluding hydrogens is 696 g/mol. The SMILES string of the molecule is CCCOC/C(=N\c1ccc(Cl)cc1C(F)(F)F)n1ccnc1.Clc1ccc(C2(Cn3cncn3)CC(Br)CO2)c(Cl)c1. The van der Waals surface area contributed by atoms with E-state index in [9.17, 15) is 13.2 Å². The molecule has 4 aromatic rings. The Bertz CT molecular complexity index is 1510. The van der Waals surface area contributed by atoms with Gasteiger partial charge in [-0.15, -0.1) is 0 Å². The Labute approximate surface area is 269 Å². The number of halogens is 7. The number of aromatic nitrogens is 5. The highest BCUT2D eigenvalue weighted by Gasteiger charge is 2.43. The largest absolute Gasteiger partial charge is 0.418 e. The average Bonchev–Trinajstić information content (AvgIpc) is 3.73. The maximum atomic E-state index is 13.1. The Hall–Kier alpha value is -2.48. The van der Waals surface area contributed by atoms with Crippen molar-refractivity contribution in [2.75, 3.05) is 19.8 Å². The van der Waals surface area contributed by atoms with Gasteiger partial charge in [-0.3, -0.25) is 4.57 Å². The molecule has 1 fully saturated rings. The highest BCUT2D eigenvalue weighted by atomic mass is 79.9. The molecule has 0 spiro atoms. The highest BCUT2D eigenvalue weighted by molar-refractivity contribution is 9.09. The lowest BCUT2D eigenvalue weighted by atomic mass is 9.90. The Balaban J connectivity index is 0.000000198. The van der Waals surface area contributed by atoms with Crippen LogP contribution in [0.15, 0.2) is 72.8 Å². The molecule has 2 aromatic heterocycles. The first-order chi connectivity index (χ1) is 20.5. The molecule has 1 aliphatic heterocycles. The maximum absolute atomic E-state index is 13.1. The lowest BCUT2D eigenvalue weighted by molar-refractivity contribution is -0.137. The molecule has 0 amide bonds. The minimum absolute atomic E-state index is 0.00249. The highest BCUT2D eigenvalue weighted by Crippen LogP contribution is 2.43. The second-order valence-electron chi connectivity index (χ2n) is 9.53. The second-order valence-corrected chi connectivity index (χ2v) is 12.1. The summed E-state index contributed by atoms with van der Waals surface area (Å²) in [6.07, 6.45) is 4.82. The third kappa shape index (κ3) is 9.02. The molecule has 43 heavy (non-hydrogen) atoms. The second kappa shape index (κ2) is 15.0. The van der Waals surface area contributed by atoms with Gasteiger partial charge in [0.05, 0.1) is 24.4 Å². The van der Waals surface area contributed by atoms with Gasteiger partial charge in [0, 0.05) is 44.5 Å². The molecule has 5 rings (SSSR count). The van der Waals surface area contributed by atoms with Crippen LogP contribution >= 0.6 is 50.7 Å². The topological polar surface area (TPSA) is 79.4 Å². The lowest BCUT2D eigenvalue weighted by Crippen LogP contribution is -2.31. The van der Waals surface area contributed by atoms with E-state index in [1.165, 1.54) is 35.6 Å². The lowest BCUT2D eigenvalue weighted by Gasteiger charge is -2.29. The fourth-order valence-corrected chi connectivity index (χ4v) is 5.81. The van der Waals surface area contributed by atoms with Gasteiger partial charge >= 0.3 is 6.18 Å². The van der Waals surface area contributed by atoms with Gasteiger partial charge in [0.15, 0.2) is 0 Å². The summed E-state index contributed by atoms with van der Waals surface area (Å²) in [5, 5.41) is 5.39. The van der Waals surface area contributed by atoms with Crippen LogP contribution < -0.4 is 0 Å². The van der Waals surface area contributed by atoms with Crippen molar-refractivity contribution in [2.45, 2.75) is 42.9 Å². The summed E-state index contributed by atoms with van der Waals surface area (Å²) in [4.78, 5) is 12.3. The Morgan fingerprint density at radius 3 is 2.51 bits per heavy atom. The number of ether oxygens (including phenoxy) is 2. The van der Waals surface area contributed by atoms with Crippen molar-refractivity contribution in [2.24, 2.45) is 4.99 Å². The Morgan fingerprint density at radius 1 is 1.14 bits per heavy atom. The molecule has 0 N–H and O–H groups in total. The fraction of sp³-hybridized carbons (Fsp3) is 0.357. The number of hydrogen-bond donors (Lipinski definition) is 0. The van der Waals surface area contributed by atoms with Crippen molar-refractivity contribution in [1.82, 2.24) is 24.3 Å². The van der Waals surface area contributed by atoms with Crippen LogP contribution in [0.4, 0.5) is 18.9 Å². The van der Waals surface area contributed by atoms with Crippen molar-refractivity contribution in [3.63, 3.8) is 0 Å². The standard InChI is InChI=1S/C15H15ClF3N3O.C13H12BrCl2N3O/c1-2-7-23-9-14(22-6-5-20-10-22)21-13-4-3-11(16)8-12(13)15(17,18)19;14-9-4-13(20-5-9,6-19-8-17-7-18-19)11-2-1-10(15)3-12(11)16/h3-6,8,10H,2,7,9H2,1H3;1-3,7-9H,4-6H2/b21-14+;. The number of rotatable bonds is 8. The van der Waals surface area contributed by atoms with Crippen LogP contribution in [-0.2, 0) is 27.8 Å². The first kappa shape index (κ1) is 33.4. The Morgan fingerprint density at radius 2 is 1.91 bits per heavy atom. The molecular formula is C28H27BrCl3F3N6O2. The van der Waals surface area contributed by atoms with E-state index >= 15 is 0 Å². The van der Waals surface area contributed by atoms with E-state index in [0.717, 1.165) is 24.5 Å². The maximum Gasteiger partial charge on any atom is 0.418 e. The Kier molecular flexibility index (Phi) is 11.7. The smallest absolute Gasteiger partial charge is 0.374 e. The van der Waals surface area contributed by atoms with E-state index in [0.29, 0.717) is 35.6 Å². The van der Waals surface area contributed by atoms with Crippen molar-refractivity contribution in [3.8, 4) is 0 Å².